The van der Waals surface area contributed by atoms with Gasteiger partial charge < -0.3 is 9.80 Å². The minimum Gasteiger partial charge on any atom is -0.336 e. The zero-order chi connectivity index (χ0) is 22.0. The lowest BCUT2D eigenvalue weighted by Gasteiger charge is -2.42. The van der Waals surface area contributed by atoms with Crippen molar-refractivity contribution in [3.63, 3.8) is 0 Å². The Kier molecular flexibility index (Phi) is 3.01. The van der Waals surface area contributed by atoms with E-state index in [9.17, 15) is 0 Å². The van der Waals surface area contributed by atoms with Gasteiger partial charge in [0.1, 0.15) is 6.17 Å². The van der Waals surface area contributed by atoms with E-state index in [1.54, 1.807) is 0 Å². The summed E-state index contributed by atoms with van der Waals surface area (Å²) in [5.41, 5.74) is 6.74. The van der Waals surface area contributed by atoms with Gasteiger partial charge in [0.2, 0.25) is 0 Å². The van der Waals surface area contributed by atoms with Gasteiger partial charge >= 0.3 is 0 Å². The van der Waals surface area contributed by atoms with Gasteiger partial charge in [-0.25, -0.2) is 0 Å². The molecule has 140 valence electrons. The summed E-state index contributed by atoms with van der Waals surface area (Å²) in [5.74, 6) is 0. The van der Waals surface area contributed by atoms with Crippen molar-refractivity contribution in [2.24, 2.45) is 0 Å². The molecule has 2 aliphatic rings. The third-order valence-corrected chi connectivity index (χ3v) is 6.33. The highest BCUT2D eigenvalue weighted by Gasteiger charge is 2.52. The maximum absolute atomic E-state index is 8.59. The van der Waals surface area contributed by atoms with Crippen molar-refractivity contribution >= 4 is 11.4 Å². The van der Waals surface area contributed by atoms with Crippen molar-refractivity contribution < 1.29 is 4.11 Å². The lowest BCUT2D eigenvalue weighted by molar-refractivity contribution is 0.202. The number of nitrogens with zero attached hydrogens (tertiary/aromatic N) is 2. The number of para-hydroxylation sites is 1. The lowest BCUT2D eigenvalue weighted by atomic mass is 9.84. The van der Waals surface area contributed by atoms with Crippen molar-refractivity contribution in [3.8, 4) is 0 Å². The molecule has 0 N–H and O–H groups in total. The molecule has 0 aromatic heterocycles. The van der Waals surface area contributed by atoms with Crippen LogP contribution in [0.2, 0.25) is 0 Å². The minimum absolute atomic E-state index is 0.592. The normalized spacial score (nSPS) is 25.2. The summed E-state index contributed by atoms with van der Waals surface area (Å²) in [4.78, 5) is 4.16. The van der Waals surface area contributed by atoms with Crippen molar-refractivity contribution in [2.75, 3.05) is 4.90 Å². The Bertz CT molecular complexity index is 1180. The standard InChI is InChI=1S/C26H26N2/c1-18-12-8-11-17-24(18)27-19(2)25-22-15-9-10-16-23(22)26(4,28(25)20(27)3)21-13-6-5-7-14-21/h5-17,20H,1-4H3/i3D3. The number of hydrogen-bond donors (Lipinski definition) is 0. The molecule has 2 atom stereocenters. The molecule has 2 unspecified atom stereocenters. The topological polar surface area (TPSA) is 6.48 Å². The monoisotopic (exact) mass is 369 g/mol. The second-order valence-corrected chi connectivity index (χ2v) is 7.82. The number of anilines is 1. The molecule has 2 nitrogen and oxygen atoms in total. The first kappa shape index (κ1) is 14.1. The molecule has 5 rings (SSSR count). The van der Waals surface area contributed by atoms with Gasteiger partial charge in [0.05, 0.1) is 11.2 Å². The Morgan fingerprint density at radius 1 is 0.857 bits per heavy atom. The first-order chi connectivity index (χ1) is 14.8. The van der Waals surface area contributed by atoms with Gasteiger partial charge in [-0.2, -0.15) is 0 Å². The predicted octanol–water partition coefficient (Wildman–Crippen LogP) is 6.13. The van der Waals surface area contributed by atoms with E-state index in [4.69, 9.17) is 4.11 Å². The van der Waals surface area contributed by atoms with Crippen LogP contribution >= 0.6 is 0 Å². The number of fused-ring (bicyclic) bond motifs is 3. The molecule has 3 aromatic carbocycles. The van der Waals surface area contributed by atoms with Gasteiger partial charge in [-0.05, 0) is 50.4 Å². The second-order valence-electron chi connectivity index (χ2n) is 7.82. The maximum atomic E-state index is 8.59. The van der Waals surface area contributed by atoms with Crippen LogP contribution in [0.25, 0.3) is 5.70 Å². The summed E-state index contributed by atoms with van der Waals surface area (Å²) in [6.45, 7) is 4.02. The van der Waals surface area contributed by atoms with Crippen LogP contribution in [0, 0.1) is 6.92 Å². The molecule has 0 saturated carbocycles. The fourth-order valence-electron chi connectivity index (χ4n) is 4.95. The number of benzene rings is 3. The third-order valence-electron chi connectivity index (χ3n) is 6.33. The summed E-state index contributed by atoms with van der Waals surface area (Å²) < 4.78 is 25.8. The molecule has 28 heavy (non-hydrogen) atoms. The smallest absolute Gasteiger partial charge is 0.104 e. The molecule has 0 radical (unpaired) electrons. The van der Waals surface area contributed by atoms with Crippen LogP contribution in [0.3, 0.4) is 0 Å². The van der Waals surface area contributed by atoms with Crippen molar-refractivity contribution in [2.45, 2.75) is 39.3 Å². The van der Waals surface area contributed by atoms with E-state index in [1.165, 1.54) is 0 Å². The number of aryl methyl sites for hydroxylation is 1. The van der Waals surface area contributed by atoms with Crippen LogP contribution in [0.15, 0.2) is 84.6 Å². The summed E-state index contributed by atoms with van der Waals surface area (Å²) in [6, 6.07) is 26.6. The molecule has 0 bridgehead atoms. The fourth-order valence-corrected chi connectivity index (χ4v) is 4.95. The van der Waals surface area contributed by atoms with Crippen LogP contribution in [0.5, 0.6) is 0 Å². The number of rotatable bonds is 2. The first-order valence-electron chi connectivity index (χ1n) is 11.3. The largest absolute Gasteiger partial charge is 0.336 e. The Hall–Kier alpha value is -3.00. The Labute approximate surface area is 171 Å². The number of allylic oxidation sites excluding steroid dienone is 1. The first-order valence-corrected chi connectivity index (χ1v) is 9.76. The third kappa shape index (κ3) is 2.09. The van der Waals surface area contributed by atoms with E-state index in [2.05, 4.69) is 36.1 Å². The second kappa shape index (κ2) is 6.00. The molecular weight excluding hydrogens is 340 g/mol. The zero-order valence-corrected chi connectivity index (χ0v) is 16.5. The van der Waals surface area contributed by atoms with E-state index >= 15 is 0 Å². The summed E-state index contributed by atoms with van der Waals surface area (Å²) in [7, 11) is 0. The van der Waals surface area contributed by atoms with Gasteiger partial charge in [-0.15, -0.1) is 0 Å². The SMILES string of the molecule is [2H]C([2H])([2H])C1N(c2ccccc2C)C(C)=C2c3ccccc3C(C)(c3ccccc3)N21. The van der Waals surface area contributed by atoms with Crippen LogP contribution in [-0.4, -0.2) is 11.1 Å². The maximum Gasteiger partial charge on any atom is 0.104 e. The molecule has 0 saturated heterocycles. The minimum atomic E-state index is -2.22. The molecule has 0 spiro atoms. The number of hydrogen-bond acceptors (Lipinski definition) is 2. The van der Waals surface area contributed by atoms with E-state index in [0.717, 1.165) is 39.3 Å². The van der Waals surface area contributed by atoms with Gasteiger partial charge in [-0.1, -0.05) is 72.8 Å². The Balaban J connectivity index is 1.84. The van der Waals surface area contributed by atoms with Crippen molar-refractivity contribution in [1.82, 2.24) is 4.90 Å². The summed E-state index contributed by atoms with van der Waals surface area (Å²) in [5, 5.41) is 0. The van der Waals surface area contributed by atoms with E-state index in [-0.39, 0.29) is 0 Å². The summed E-state index contributed by atoms with van der Waals surface area (Å²) >= 11 is 0. The van der Waals surface area contributed by atoms with Gasteiger partial charge in [0, 0.05) is 21.1 Å². The van der Waals surface area contributed by atoms with Crippen LogP contribution in [-0.2, 0) is 5.54 Å². The Morgan fingerprint density at radius 3 is 2.29 bits per heavy atom. The molecule has 2 aliphatic heterocycles. The van der Waals surface area contributed by atoms with E-state index < -0.39 is 18.6 Å². The van der Waals surface area contributed by atoms with Crippen LogP contribution in [0.1, 0.15) is 47.1 Å². The van der Waals surface area contributed by atoms with Gasteiger partial charge in [-0.3, -0.25) is 0 Å². The zero-order valence-electron chi connectivity index (χ0n) is 19.5. The fraction of sp³-hybridized carbons (Fsp3) is 0.231. The van der Waals surface area contributed by atoms with Gasteiger partial charge in [0.25, 0.3) is 0 Å². The van der Waals surface area contributed by atoms with E-state index in [0.29, 0.717) is 0 Å². The average molecular weight is 370 g/mol. The van der Waals surface area contributed by atoms with Crippen LogP contribution < -0.4 is 4.90 Å². The van der Waals surface area contributed by atoms with Crippen molar-refractivity contribution in [3.05, 3.63) is 107 Å². The Morgan fingerprint density at radius 2 is 1.54 bits per heavy atom. The highest BCUT2D eigenvalue weighted by Crippen LogP contribution is 2.56. The molecule has 2 heteroatoms. The van der Waals surface area contributed by atoms with E-state index in [1.807, 2.05) is 73.3 Å². The molecule has 0 aliphatic carbocycles. The van der Waals surface area contributed by atoms with Gasteiger partial charge in [0.15, 0.2) is 0 Å². The quantitative estimate of drug-likeness (QED) is 0.536. The lowest BCUT2D eigenvalue weighted by Crippen LogP contribution is -2.47. The molecule has 0 fully saturated rings. The van der Waals surface area contributed by atoms with Crippen LogP contribution in [0.4, 0.5) is 5.69 Å². The molecule has 0 amide bonds. The summed E-state index contributed by atoms with van der Waals surface area (Å²) in [6.07, 6.45) is -0.804. The molecule has 2 heterocycles. The average Bonchev–Trinajstić information content (AvgIpc) is 3.21. The van der Waals surface area contributed by atoms with Crippen molar-refractivity contribution in [1.29, 1.82) is 0 Å². The predicted molar refractivity (Wildman–Crippen MR) is 117 cm³/mol. The highest BCUT2D eigenvalue weighted by atomic mass is 15.5. The molecular formula is C26H26N2. The molecule has 3 aromatic rings. The highest BCUT2D eigenvalue weighted by molar-refractivity contribution is 5.83.